The molecule has 0 aliphatic rings. The van der Waals surface area contributed by atoms with Gasteiger partial charge in [0, 0.05) is 10.8 Å². The second-order valence-corrected chi connectivity index (χ2v) is 8.37. The SMILES string of the molecule is Cc1ccc(S(=O)(=O)Oc2ccc(S(=O)(=O)O)c3ccccc23)cc1.[NaH]. The molecule has 3 rings (SSSR count). The van der Waals surface area contributed by atoms with E-state index in [2.05, 4.69) is 0 Å². The summed E-state index contributed by atoms with van der Waals surface area (Å²) in [6.07, 6.45) is 0. The van der Waals surface area contributed by atoms with Crippen molar-refractivity contribution in [3.63, 3.8) is 0 Å². The van der Waals surface area contributed by atoms with Gasteiger partial charge in [0.15, 0.2) is 5.75 Å². The summed E-state index contributed by atoms with van der Waals surface area (Å²) in [6, 6.07) is 14.6. The fourth-order valence-electron chi connectivity index (χ4n) is 2.41. The first-order valence-electron chi connectivity index (χ1n) is 7.19. The Morgan fingerprint density at radius 1 is 0.808 bits per heavy atom. The molecule has 0 saturated carbocycles. The first-order chi connectivity index (χ1) is 11.7. The van der Waals surface area contributed by atoms with Gasteiger partial charge in [-0.05, 0) is 31.2 Å². The fraction of sp³-hybridized carbons (Fsp3) is 0.0588. The van der Waals surface area contributed by atoms with Crippen molar-refractivity contribution in [2.45, 2.75) is 16.7 Å². The molecule has 3 aromatic carbocycles. The molecular formula is C17H15NaO6S2. The zero-order chi connectivity index (χ0) is 18.2. The van der Waals surface area contributed by atoms with Crippen molar-refractivity contribution in [2.24, 2.45) is 0 Å². The van der Waals surface area contributed by atoms with E-state index in [0.717, 1.165) is 11.6 Å². The van der Waals surface area contributed by atoms with Gasteiger partial charge in [-0.25, -0.2) is 0 Å². The maximum absolute atomic E-state index is 12.4. The van der Waals surface area contributed by atoms with E-state index in [-0.39, 0.29) is 55.9 Å². The quantitative estimate of drug-likeness (QED) is 0.409. The van der Waals surface area contributed by atoms with Crippen LogP contribution in [0.3, 0.4) is 0 Å². The van der Waals surface area contributed by atoms with Crippen LogP contribution in [0.4, 0.5) is 0 Å². The van der Waals surface area contributed by atoms with Gasteiger partial charge in [0.25, 0.3) is 10.1 Å². The van der Waals surface area contributed by atoms with E-state index < -0.39 is 20.2 Å². The number of fused-ring (bicyclic) bond motifs is 1. The predicted molar refractivity (Wildman–Crippen MR) is 99.9 cm³/mol. The van der Waals surface area contributed by atoms with Gasteiger partial charge < -0.3 is 4.18 Å². The van der Waals surface area contributed by atoms with Gasteiger partial charge in [-0.1, -0.05) is 42.0 Å². The Bertz CT molecular complexity index is 1150. The number of benzene rings is 3. The summed E-state index contributed by atoms with van der Waals surface area (Å²) in [5, 5.41) is 0.426. The van der Waals surface area contributed by atoms with E-state index in [1.165, 1.54) is 30.3 Å². The van der Waals surface area contributed by atoms with Gasteiger partial charge in [-0.3, -0.25) is 4.55 Å². The van der Waals surface area contributed by atoms with Crippen molar-refractivity contribution in [2.75, 3.05) is 0 Å². The number of rotatable bonds is 4. The van der Waals surface area contributed by atoms with Crippen LogP contribution in [0.1, 0.15) is 5.56 Å². The standard InChI is InChI=1S/C17H14O6S2.Na.H/c1-12-6-8-13(9-7-12)25(21,22)23-16-10-11-17(24(18,19)20)15-5-3-2-4-14(15)16;;/h2-11H,1H3,(H,18,19,20);;. The average molecular weight is 402 g/mol. The second kappa shape index (κ2) is 7.67. The predicted octanol–water partition coefficient (Wildman–Crippen LogP) is 2.51. The Labute approximate surface area is 174 Å². The number of hydrogen-bond acceptors (Lipinski definition) is 5. The minimum absolute atomic E-state index is 0. The summed E-state index contributed by atoms with van der Waals surface area (Å²) in [5.41, 5.74) is 0.905. The molecule has 0 aliphatic carbocycles. The third-order valence-corrected chi connectivity index (χ3v) is 5.79. The van der Waals surface area contributed by atoms with Gasteiger partial charge in [0.1, 0.15) is 9.79 Å². The molecule has 9 heteroatoms. The van der Waals surface area contributed by atoms with Crippen molar-refractivity contribution in [1.82, 2.24) is 0 Å². The van der Waals surface area contributed by atoms with E-state index in [0.29, 0.717) is 0 Å². The number of hydrogen-bond donors (Lipinski definition) is 1. The van der Waals surface area contributed by atoms with Crippen LogP contribution < -0.4 is 4.18 Å². The first kappa shape index (κ1) is 20.9. The summed E-state index contributed by atoms with van der Waals surface area (Å²) in [7, 11) is -8.53. The zero-order valence-corrected chi connectivity index (χ0v) is 14.7. The van der Waals surface area contributed by atoms with Gasteiger partial charge in [-0.2, -0.15) is 16.8 Å². The molecule has 26 heavy (non-hydrogen) atoms. The van der Waals surface area contributed by atoms with Crippen LogP contribution in [0.2, 0.25) is 0 Å². The van der Waals surface area contributed by atoms with Crippen LogP contribution in [0.25, 0.3) is 10.8 Å². The van der Waals surface area contributed by atoms with E-state index >= 15 is 0 Å². The molecule has 0 bridgehead atoms. The van der Waals surface area contributed by atoms with Crippen LogP contribution in [-0.2, 0) is 20.2 Å². The molecule has 0 radical (unpaired) electrons. The van der Waals surface area contributed by atoms with Crippen molar-refractivity contribution in [3.05, 3.63) is 66.2 Å². The van der Waals surface area contributed by atoms with Gasteiger partial charge >= 0.3 is 39.7 Å². The normalized spacial score (nSPS) is 11.8. The molecule has 0 spiro atoms. The Balaban J connectivity index is 0.00000243. The third kappa shape index (κ3) is 4.28. The van der Waals surface area contributed by atoms with Crippen LogP contribution in [0.15, 0.2) is 70.5 Å². The first-order valence-corrected chi connectivity index (χ1v) is 10.0. The molecule has 6 nitrogen and oxygen atoms in total. The van der Waals surface area contributed by atoms with Crippen molar-refractivity contribution >= 4 is 60.6 Å². The van der Waals surface area contributed by atoms with Gasteiger partial charge in [0.2, 0.25) is 0 Å². The van der Waals surface area contributed by atoms with Crippen molar-refractivity contribution in [1.29, 1.82) is 0 Å². The summed E-state index contributed by atoms with van der Waals surface area (Å²) in [5.74, 6) is -0.0245. The van der Waals surface area contributed by atoms with Crippen LogP contribution in [-0.4, -0.2) is 50.9 Å². The van der Waals surface area contributed by atoms with E-state index in [4.69, 9.17) is 4.18 Å². The van der Waals surface area contributed by atoms with E-state index in [1.54, 1.807) is 24.3 Å². The summed E-state index contributed by atoms with van der Waals surface area (Å²) < 4.78 is 62.4. The zero-order valence-electron chi connectivity index (χ0n) is 13.1. The third-order valence-electron chi connectivity index (χ3n) is 3.63. The Morgan fingerprint density at radius 2 is 1.38 bits per heavy atom. The van der Waals surface area contributed by atoms with Gasteiger partial charge in [0.05, 0.1) is 0 Å². The molecule has 0 aromatic heterocycles. The topological polar surface area (TPSA) is 97.7 Å². The molecular weight excluding hydrogens is 387 g/mol. The average Bonchev–Trinajstić information content (AvgIpc) is 2.54. The second-order valence-electron chi connectivity index (χ2n) is 5.43. The monoisotopic (exact) mass is 402 g/mol. The van der Waals surface area contributed by atoms with Crippen LogP contribution >= 0.6 is 0 Å². The van der Waals surface area contributed by atoms with Gasteiger partial charge in [-0.15, -0.1) is 0 Å². The molecule has 3 aromatic rings. The molecule has 0 atom stereocenters. The van der Waals surface area contributed by atoms with E-state index in [1.807, 2.05) is 6.92 Å². The molecule has 1 N–H and O–H groups in total. The summed E-state index contributed by atoms with van der Waals surface area (Å²) in [4.78, 5) is -0.329. The molecule has 0 unspecified atom stereocenters. The summed E-state index contributed by atoms with van der Waals surface area (Å²) in [6.45, 7) is 1.83. The Hall–Kier alpha value is -1.42. The summed E-state index contributed by atoms with van der Waals surface area (Å²) >= 11 is 0. The maximum atomic E-state index is 12.4. The molecule has 0 fully saturated rings. The Morgan fingerprint density at radius 3 is 1.96 bits per heavy atom. The molecule has 0 saturated heterocycles. The fourth-order valence-corrected chi connectivity index (χ4v) is 4.06. The molecule has 132 valence electrons. The molecule has 0 amide bonds. The van der Waals surface area contributed by atoms with Crippen LogP contribution in [0.5, 0.6) is 5.75 Å². The molecule has 0 heterocycles. The van der Waals surface area contributed by atoms with E-state index in [9.17, 15) is 21.4 Å². The number of aryl methyl sites for hydroxylation is 1. The molecule has 0 aliphatic heterocycles. The minimum atomic E-state index is -4.45. The van der Waals surface area contributed by atoms with Crippen molar-refractivity contribution in [3.8, 4) is 5.75 Å². The Kier molecular flexibility index (Phi) is 6.17. The van der Waals surface area contributed by atoms with Crippen LogP contribution in [0, 0.1) is 6.92 Å². The van der Waals surface area contributed by atoms with Crippen molar-refractivity contribution < 1.29 is 25.6 Å².